The zero-order valence-electron chi connectivity index (χ0n) is 14.5. The molecule has 0 bridgehead atoms. The van der Waals surface area contributed by atoms with E-state index in [9.17, 15) is 9.59 Å². The molecule has 23 heavy (non-hydrogen) atoms. The van der Waals surface area contributed by atoms with Crippen molar-refractivity contribution in [3.05, 3.63) is 17.9 Å². The summed E-state index contributed by atoms with van der Waals surface area (Å²) in [5.74, 6) is 7.65. The van der Waals surface area contributed by atoms with Gasteiger partial charge in [0.25, 0.3) is 0 Å². The van der Waals surface area contributed by atoms with Crippen LogP contribution < -0.4 is 0 Å². The number of rotatable bonds is 6. The fraction of sp³-hybridized carbons (Fsp3) is 0.500. The SMILES string of the molecule is CC(=O)OCCC[C@@H](C=C=CC#CC#C[Si](C)(C)C)OC(C)=O. The van der Waals surface area contributed by atoms with Gasteiger partial charge in [-0.3, -0.25) is 9.59 Å². The number of ether oxygens (including phenoxy) is 2. The van der Waals surface area contributed by atoms with Gasteiger partial charge in [-0.15, -0.1) is 11.3 Å². The molecule has 0 N–H and O–H groups in total. The van der Waals surface area contributed by atoms with Gasteiger partial charge in [-0.1, -0.05) is 25.6 Å². The fourth-order valence-corrected chi connectivity index (χ4v) is 1.82. The first kappa shape index (κ1) is 20.8. The Hall–Kier alpha value is -2.20. The number of esters is 2. The Balaban J connectivity index is 4.53. The van der Waals surface area contributed by atoms with Crippen molar-refractivity contribution in [2.24, 2.45) is 0 Å². The maximum absolute atomic E-state index is 11.1. The summed E-state index contributed by atoms with van der Waals surface area (Å²) < 4.78 is 9.98. The first-order chi connectivity index (χ1) is 10.7. The third kappa shape index (κ3) is 16.0. The van der Waals surface area contributed by atoms with Crippen molar-refractivity contribution in [2.75, 3.05) is 6.61 Å². The van der Waals surface area contributed by atoms with E-state index in [1.807, 2.05) is 0 Å². The third-order valence-corrected chi connectivity index (χ3v) is 3.14. The Morgan fingerprint density at radius 3 is 2.39 bits per heavy atom. The second kappa shape index (κ2) is 11.4. The summed E-state index contributed by atoms with van der Waals surface area (Å²) in [7, 11) is -1.39. The van der Waals surface area contributed by atoms with E-state index in [0.29, 0.717) is 19.4 Å². The smallest absolute Gasteiger partial charge is 0.303 e. The molecule has 0 radical (unpaired) electrons. The number of carbonyl (C=O) groups is 2. The van der Waals surface area contributed by atoms with Crippen LogP contribution in [0.4, 0.5) is 0 Å². The summed E-state index contributed by atoms with van der Waals surface area (Å²) in [5.41, 5.74) is 6.01. The van der Waals surface area contributed by atoms with Gasteiger partial charge in [0.1, 0.15) is 14.2 Å². The molecule has 0 aromatic rings. The first-order valence-electron chi connectivity index (χ1n) is 7.45. The van der Waals surface area contributed by atoms with Gasteiger partial charge in [-0.2, -0.15) is 0 Å². The lowest BCUT2D eigenvalue weighted by atomic mass is 10.2. The van der Waals surface area contributed by atoms with Crippen LogP contribution in [0, 0.1) is 23.3 Å². The number of hydrogen-bond donors (Lipinski definition) is 0. The predicted molar refractivity (Wildman–Crippen MR) is 93.0 cm³/mol. The summed E-state index contributed by atoms with van der Waals surface area (Å²) in [6.45, 7) is 9.46. The van der Waals surface area contributed by atoms with Gasteiger partial charge >= 0.3 is 11.9 Å². The standard InChI is InChI=1S/C18H24O4Si/c1-16(19)21-14-11-13-18(22-17(2)20)12-9-7-6-8-10-15-23(3,4)5/h7,12,18H,11,13-14H2,1-5H3/t9?,18-/m1/s1. The second-order valence-electron chi connectivity index (χ2n) is 5.88. The van der Waals surface area contributed by atoms with Crippen LogP contribution in [0.15, 0.2) is 17.9 Å². The molecule has 1 atom stereocenters. The van der Waals surface area contributed by atoms with E-state index in [2.05, 4.69) is 48.7 Å². The molecule has 0 aromatic heterocycles. The van der Waals surface area contributed by atoms with Crippen molar-refractivity contribution in [2.45, 2.75) is 52.4 Å². The molecule has 0 aliphatic rings. The van der Waals surface area contributed by atoms with Gasteiger partial charge in [0.15, 0.2) is 0 Å². The molecule has 0 aromatic carbocycles. The molecule has 0 rings (SSSR count). The Morgan fingerprint density at radius 1 is 1.13 bits per heavy atom. The van der Waals surface area contributed by atoms with E-state index >= 15 is 0 Å². The normalized spacial score (nSPS) is 10.7. The van der Waals surface area contributed by atoms with Crippen molar-refractivity contribution in [3.8, 4) is 23.3 Å². The lowest BCUT2D eigenvalue weighted by Crippen LogP contribution is -2.16. The van der Waals surface area contributed by atoms with Crippen molar-refractivity contribution in [1.82, 2.24) is 0 Å². The highest BCUT2D eigenvalue weighted by atomic mass is 28.3. The molecule has 5 heteroatoms. The number of hydrogen-bond acceptors (Lipinski definition) is 4. The summed E-state index contributed by atoms with van der Waals surface area (Å²) in [5, 5.41) is 0. The molecular weight excluding hydrogens is 308 g/mol. The van der Waals surface area contributed by atoms with Gasteiger partial charge in [-0.25, -0.2) is 0 Å². The fourth-order valence-electron chi connectivity index (χ4n) is 1.38. The lowest BCUT2D eigenvalue weighted by molar-refractivity contribution is -0.146. The average Bonchev–Trinajstić information content (AvgIpc) is 2.40. The molecule has 0 amide bonds. The Morgan fingerprint density at radius 2 is 1.83 bits per heavy atom. The minimum Gasteiger partial charge on any atom is -0.466 e. The summed E-state index contributed by atoms with van der Waals surface area (Å²) in [6.07, 6.45) is 3.92. The quantitative estimate of drug-likeness (QED) is 0.247. The zero-order chi connectivity index (χ0) is 17.7. The number of carbonyl (C=O) groups excluding carboxylic acids is 2. The van der Waals surface area contributed by atoms with Crippen LogP contribution in [0.25, 0.3) is 0 Å². The van der Waals surface area contributed by atoms with Crippen LogP contribution in [0.1, 0.15) is 26.7 Å². The van der Waals surface area contributed by atoms with Crippen LogP contribution >= 0.6 is 0 Å². The molecule has 0 unspecified atom stereocenters. The van der Waals surface area contributed by atoms with Crippen LogP contribution in [-0.2, 0) is 19.1 Å². The molecule has 0 spiro atoms. The molecule has 4 nitrogen and oxygen atoms in total. The minimum atomic E-state index is -1.39. The predicted octanol–water partition coefficient (Wildman–Crippen LogP) is 2.86. The molecule has 0 aliphatic heterocycles. The zero-order valence-corrected chi connectivity index (χ0v) is 15.5. The van der Waals surface area contributed by atoms with Crippen molar-refractivity contribution in [3.63, 3.8) is 0 Å². The third-order valence-electron chi connectivity index (χ3n) is 2.27. The second-order valence-corrected chi connectivity index (χ2v) is 10.6. The van der Waals surface area contributed by atoms with Crippen LogP contribution in [-0.4, -0.2) is 32.7 Å². The van der Waals surface area contributed by atoms with E-state index < -0.39 is 14.2 Å². The van der Waals surface area contributed by atoms with E-state index in [1.54, 1.807) is 12.2 Å². The van der Waals surface area contributed by atoms with E-state index in [1.165, 1.54) is 13.8 Å². The highest BCUT2D eigenvalue weighted by Gasteiger charge is 2.08. The average molecular weight is 332 g/mol. The van der Waals surface area contributed by atoms with E-state index in [4.69, 9.17) is 9.47 Å². The van der Waals surface area contributed by atoms with Gasteiger partial charge in [0.2, 0.25) is 0 Å². The molecule has 0 fully saturated rings. The monoisotopic (exact) mass is 332 g/mol. The Labute approximate surface area is 139 Å². The van der Waals surface area contributed by atoms with Crippen LogP contribution in [0.5, 0.6) is 0 Å². The van der Waals surface area contributed by atoms with Crippen molar-refractivity contribution in [1.29, 1.82) is 0 Å². The minimum absolute atomic E-state index is 0.302. The van der Waals surface area contributed by atoms with Crippen LogP contribution in [0.2, 0.25) is 19.6 Å². The van der Waals surface area contributed by atoms with E-state index in [-0.39, 0.29) is 11.9 Å². The topological polar surface area (TPSA) is 52.6 Å². The van der Waals surface area contributed by atoms with Gasteiger partial charge in [0.05, 0.1) is 6.61 Å². The molecule has 124 valence electrons. The maximum atomic E-state index is 11.1. The Bertz CT molecular complexity index is 584. The highest BCUT2D eigenvalue weighted by Crippen LogP contribution is 2.05. The highest BCUT2D eigenvalue weighted by molar-refractivity contribution is 6.83. The summed E-state index contributed by atoms with van der Waals surface area (Å²) in [4.78, 5) is 21.7. The maximum Gasteiger partial charge on any atom is 0.303 e. The summed E-state index contributed by atoms with van der Waals surface area (Å²) >= 11 is 0. The molecule has 0 aliphatic carbocycles. The Kier molecular flexibility index (Phi) is 10.3. The van der Waals surface area contributed by atoms with Gasteiger partial charge in [-0.05, 0) is 30.8 Å². The van der Waals surface area contributed by atoms with Gasteiger partial charge in [0, 0.05) is 19.9 Å². The van der Waals surface area contributed by atoms with E-state index in [0.717, 1.165) is 0 Å². The summed E-state index contributed by atoms with van der Waals surface area (Å²) in [6, 6.07) is 0. The van der Waals surface area contributed by atoms with Crippen LogP contribution in [0.3, 0.4) is 0 Å². The molecule has 0 saturated carbocycles. The van der Waals surface area contributed by atoms with Gasteiger partial charge < -0.3 is 9.47 Å². The molecule has 0 saturated heterocycles. The molecular formula is C18H24O4Si. The lowest BCUT2D eigenvalue weighted by Gasteiger charge is -2.11. The first-order valence-corrected chi connectivity index (χ1v) is 10.9. The van der Waals surface area contributed by atoms with Crippen molar-refractivity contribution >= 4 is 20.0 Å². The largest absolute Gasteiger partial charge is 0.466 e. The molecule has 0 heterocycles. The van der Waals surface area contributed by atoms with Crippen molar-refractivity contribution < 1.29 is 19.1 Å².